The molecule has 0 unspecified atom stereocenters. The predicted octanol–water partition coefficient (Wildman–Crippen LogP) is 0.891. The first-order chi connectivity index (χ1) is 5.56. The Bertz CT molecular complexity index is 208. The van der Waals surface area contributed by atoms with Crippen LogP contribution in [0, 0.1) is 0 Å². The van der Waals surface area contributed by atoms with Gasteiger partial charge in [0.15, 0.2) is 0 Å². The molecule has 0 aromatic heterocycles. The minimum absolute atomic E-state index is 0.146. The molecule has 0 saturated heterocycles. The molecule has 0 aromatic rings. The van der Waals surface area contributed by atoms with Gasteiger partial charge in [0.25, 0.3) is 0 Å². The Morgan fingerprint density at radius 3 is 2.50 bits per heavy atom. The molecule has 0 radical (unpaired) electrons. The number of aliphatic carboxylic acids is 1. The second-order valence-corrected chi connectivity index (χ2v) is 2.46. The van der Waals surface area contributed by atoms with Crippen LogP contribution in [0.4, 0.5) is 0 Å². The molecule has 1 amide bonds. The topological polar surface area (TPSA) is 66.4 Å². The van der Waals surface area contributed by atoms with Crippen LogP contribution in [0.25, 0.3) is 0 Å². The third-order valence-electron chi connectivity index (χ3n) is 1.15. The highest BCUT2D eigenvalue weighted by molar-refractivity contribution is 5.83. The normalized spacial score (nSPS) is 11.0. The Morgan fingerprint density at radius 2 is 2.08 bits per heavy atom. The number of carbonyl (C=O) groups excluding carboxylic acids is 1. The Kier molecular flexibility index (Phi) is 4.76. The van der Waals surface area contributed by atoms with E-state index in [2.05, 4.69) is 5.32 Å². The molecule has 0 atom stereocenters. The van der Waals surface area contributed by atoms with Gasteiger partial charge >= 0.3 is 5.97 Å². The molecule has 2 N–H and O–H groups in total. The molecule has 0 aliphatic rings. The van der Waals surface area contributed by atoms with Gasteiger partial charge in [-0.25, -0.2) is 4.79 Å². The molecule has 0 aliphatic heterocycles. The third-order valence-corrected chi connectivity index (χ3v) is 1.15. The maximum absolute atomic E-state index is 10.9. The fraction of sp³-hybridized carbons (Fsp3) is 0.500. The number of amides is 1. The van der Waals surface area contributed by atoms with Crippen molar-refractivity contribution in [3.63, 3.8) is 0 Å². The number of hydrogen-bond acceptors (Lipinski definition) is 2. The van der Waals surface area contributed by atoms with Crippen molar-refractivity contribution in [2.75, 3.05) is 0 Å². The van der Waals surface area contributed by atoms with Crippen molar-refractivity contribution in [2.45, 2.75) is 26.7 Å². The van der Waals surface area contributed by atoms with E-state index < -0.39 is 5.97 Å². The van der Waals surface area contributed by atoms with Gasteiger partial charge in [-0.15, -0.1) is 0 Å². The summed E-state index contributed by atoms with van der Waals surface area (Å²) < 4.78 is 0. The highest BCUT2D eigenvalue weighted by atomic mass is 16.4. The largest absolute Gasteiger partial charge is 0.478 e. The summed E-state index contributed by atoms with van der Waals surface area (Å²) in [6.45, 7) is 3.43. The molecule has 0 spiro atoms. The number of rotatable bonds is 4. The monoisotopic (exact) mass is 171 g/mol. The van der Waals surface area contributed by atoms with Gasteiger partial charge < -0.3 is 10.4 Å². The number of carboxylic acid groups (broad SMARTS) is 1. The van der Waals surface area contributed by atoms with Crippen molar-refractivity contribution < 1.29 is 14.7 Å². The molecular weight excluding hydrogens is 158 g/mol. The first-order valence-corrected chi connectivity index (χ1v) is 3.77. The van der Waals surface area contributed by atoms with Crippen molar-refractivity contribution >= 4 is 11.9 Å². The summed E-state index contributed by atoms with van der Waals surface area (Å²) in [5, 5.41) is 10.8. The van der Waals surface area contributed by atoms with Crippen molar-refractivity contribution in [2.24, 2.45) is 0 Å². The maximum Gasteiger partial charge on any atom is 0.330 e. The van der Waals surface area contributed by atoms with Gasteiger partial charge in [-0.3, -0.25) is 4.79 Å². The fourth-order valence-corrected chi connectivity index (χ4v) is 0.731. The van der Waals surface area contributed by atoms with E-state index in [0.29, 0.717) is 12.1 Å². The van der Waals surface area contributed by atoms with Crippen LogP contribution in [0.3, 0.4) is 0 Å². The van der Waals surface area contributed by atoms with Crippen LogP contribution in [0.1, 0.15) is 26.7 Å². The molecule has 4 heteroatoms. The van der Waals surface area contributed by atoms with Crippen LogP contribution in [-0.2, 0) is 9.59 Å². The highest BCUT2D eigenvalue weighted by Gasteiger charge is 2.00. The summed E-state index contributed by atoms with van der Waals surface area (Å²) in [4.78, 5) is 21.0. The number of nitrogens with one attached hydrogen (secondary N) is 1. The van der Waals surface area contributed by atoms with E-state index in [0.717, 1.165) is 12.5 Å². The minimum Gasteiger partial charge on any atom is -0.478 e. The zero-order valence-corrected chi connectivity index (χ0v) is 7.26. The zero-order chi connectivity index (χ0) is 9.56. The SMILES string of the molecule is CCCC(=O)N/C(C)=C/C(=O)O. The van der Waals surface area contributed by atoms with Crippen molar-refractivity contribution in [3.8, 4) is 0 Å². The van der Waals surface area contributed by atoms with Gasteiger partial charge in [-0.1, -0.05) is 6.92 Å². The quantitative estimate of drug-likeness (QED) is 0.617. The molecule has 0 aromatic carbocycles. The number of hydrogen-bond donors (Lipinski definition) is 2. The van der Waals surface area contributed by atoms with E-state index in [1.165, 1.54) is 0 Å². The summed E-state index contributed by atoms with van der Waals surface area (Å²) in [7, 11) is 0. The Balaban J connectivity index is 3.91. The Hall–Kier alpha value is -1.32. The van der Waals surface area contributed by atoms with Gasteiger partial charge in [0.2, 0.25) is 5.91 Å². The van der Waals surface area contributed by atoms with Gasteiger partial charge in [0.1, 0.15) is 0 Å². The first-order valence-electron chi connectivity index (χ1n) is 3.77. The Morgan fingerprint density at radius 1 is 1.50 bits per heavy atom. The van der Waals surface area contributed by atoms with Crippen LogP contribution in [0.5, 0.6) is 0 Å². The van der Waals surface area contributed by atoms with Gasteiger partial charge in [0, 0.05) is 18.2 Å². The zero-order valence-electron chi connectivity index (χ0n) is 7.26. The lowest BCUT2D eigenvalue weighted by molar-refractivity contribution is -0.131. The van der Waals surface area contributed by atoms with Crippen LogP contribution in [0.2, 0.25) is 0 Å². The summed E-state index contributed by atoms with van der Waals surface area (Å²) in [5.41, 5.74) is 0.362. The summed E-state index contributed by atoms with van der Waals surface area (Å²) in [5.74, 6) is -1.20. The molecule has 0 bridgehead atoms. The molecule has 68 valence electrons. The number of carbonyl (C=O) groups is 2. The van der Waals surface area contributed by atoms with Gasteiger partial charge in [-0.2, -0.15) is 0 Å². The van der Waals surface area contributed by atoms with E-state index >= 15 is 0 Å². The highest BCUT2D eigenvalue weighted by Crippen LogP contribution is 1.91. The van der Waals surface area contributed by atoms with E-state index in [1.54, 1.807) is 6.92 Å². The van der Waals surface area contributed by atoms with Gasteiger partial charge in [0.05, 0.1) is 0 Å². The first kappa shape index (κ1) is 10.7. The molecule has 0 aliphatic carbocycles. The summed E-state index contributed by atoms with van der Waals surface area (Å²) >= 11 is 0. The van der Waals surface area contributed by atoms with Crippen molar-refractivity contribution in [1.82, 2.24) is 5.32 Å². The maximum atomic E-state index is 10.9. The minimum atomic E-state index is -1.05. The fourth-order valence-electron chi connectivity index (χ4n) is 0.731. The molecule has 0 rings (SSSR count). The van der Waals surface area contributed by atoms with Crippen molar-refractivity contribution in [1.29, 1.82) is 0 Å². The van der Waals surface area contributed by atoms with Crippen molar-refractivity contribution in [3.05, 3.63) is 11.8 Å². The lowest BCUT2D eigenvalue weighted by Crippen LogP contribution is -2.21. The van der Waals surface area contributed by atoms with Crippen LogP contribution in [0.15, 0.2) is 11.8 Å². The molecule has 0 saturated carbocycles. The smallest absolute Gasteiger partial charge is 0.330 e. The summed E-state index contributed by atoms with van der Waals surface area (Å²) in [6, 6.07) is 0. The second-order valence-electron chi connectivity index (χ2n) is 2.46. The Labute approximate surface area is 71.3 Å². The van der Waals surface area contributed by atoms with Crippen LogP contribution in [-0.4, -0.2) is 17.0 Å². The summed E-state index contributed by atoms with van der Waals surface area (Å²) in [6.07, 6.45) is 2.14. The molecule has 12 heavy (non-hydrogen) atoms. The van der Waals surface area contributed by atoms with Gasteiger partial charge in [-0.05, 0) is 13.3 Å². The lowest BCUT2D eigenvalue weighted by atomic mass is 10.3. The molecular formula is C8H13NO3. The van der Waals surface area contributed by atoms with Crippen LogP contribution >= 0.6 is 0 Å². The standard InChI is InChI=1S/C8H13NO3/c1-3-4-7(10)9-6(2)5-8(11)12/h5H,3-4H2,1-2H3,(H,9,10)(H,11,12)/b6-5+. The second kappa shape index (κ2) is 5.35. The van der Waals surface area contributed by atoms with E-state index in [-0.39, 0.29) is 5.91 Å². The molecule has 4 nitrogen and oxygen atoms in total. The molecule has 0 fully saturated rings. The average molecular weight is 171 g/mol. The third kappa shape index (κ3) is 5.46. The number of allylic oxidation sites excluding steroid dienone is 1. The van der Waals surface area contributed by atoms with E-state index in [1.807, 2.05) is 6.92 Å². The average Bonchev–Trinajstić information content (AvgIpc) is 1.84. The predicted molar refractivity (Wildman–Crippen MR) is 44.4 cm³/mol. The number of carboxylic acids is 1. The molecule has 0 heterocycles. The van der Waals surface area contributed by atoms with Crippen LogP contribution < -0.4 is 5.32 Å². The van der Waals surface area contributed by atoms with E-state index in [4.69, 9.17) is 5.11 Å². The van der Waals surface area contributed by atoms with E-state index in [9.17, 15) is 9.59 Å². The lowest BCUT2D eigenvalue weighted by Gasteiger charge is -2.01.